The van der Waals surface area contributed by atoms with Gasteiger partial charge in [-0.3, -0.25) is 14.5 Å². The van der Waals surface area contributed by atoms with Gasteiger partial charge in [0.15, 0.2) is 5.78 Å². The quantitative estimate of drug-likeness (QED) is 0.301. The summed E-state index contributed by atoms with van der Waals surface area (Å²) in [5.41, 5.74) is 0.717. The standard InChI is InChI=1S/C42H47NO4S/c1-39-18-16-26(44)20-25(39)14-15-27-30(39)17-19-40(2)32(27)21-41(38(40)46)36(28-10-4-5-13-34(28)47-3)33-22-48-23-43(33)42(41)31-12-7-9-24-8-6-11-29(35(24)31)37(42)45/h4-13,25-27,30,32-33,36,44H,14-23H2,1-3H3/t25-,26-,27+,30-,32-,33-,36-,39-,40-,41-,42-/m0/s1. The average molecular weight is 662 g/mol. The lowest BCUT2D eigenvalue weighted by atomic mass is 9.45. The molecule has 6 fully saturated rings. The summed E-state index contributed by atoms with van der Waals surface area (Å²) >= 11 is 1.91. The molecule has 0 radical (unpaired) electrons. The molecule has 10 rings (SSSR count). The maximum atomic E-state index is 16.3. The molecule has 0 unspecified atom stereocenters. The van der Waals surface area contributed by atoms with Gasteiger partial charge in [0, 0.05) is 34.6 Å². The predicted molar refractivity (Wildman–Crippen MR) is 189 cm³/mol. The first kappa shape index (κ1) is 30.2. The fourth-order valence-electron chi connectivity index (χ4n) is 13.9. The van der Waals surface area contributed by atoms with E-state index in [1.54, 1.807) is 7.11 Å². The van der Waals surface area contributed by atoms with E-state index in [1.807, 2.05) is 30.0 Å². The lowest BCUT2D eigenvalue weighted by Gasteiger charge is -2.60. The number of ether oxygens (including phenoxy) is 1. The summed E-state index contributed by atoms with van der Waals surface area (Å²) in [4.78, 5) is 34.5. The Labute approximate surface area is 288 Å². The zero-order chi connectivity index (χ0) is 32.8. The molecule has 3 aromatic rings. The third-order valence-electron chi connectivity index (χ3n) is 15.7. The molecular weight excluding hydrogens is 615 g/mol. The third kappa shape index (κ3) is 3.30. The lowest BCUT2D eigenvalue weighted by Crippen LogP contribution is -2.58. The van der Waals surface area contributed by atoms with Crippen molar-refractivity contribution < 1.29 is 19.4 Å². The van der Waals surface area contributed by atoms with Gasteiger partial charge in [-0.15, -0.1) is 11.8 Å². The minimum Gasteiger partial charge on any atom is -0.496 e. The van der Waals surface area contributed by atoms with Gasteiger partial charge < -0.3 is 9.84 Å². The van der Waals surface area contributed by atoms with Crippen LogP contribution in [0, 0.1) is 39.9 Å². The van der Waals surface area contributed by atoms with Gasteiger partial charge in [-0.25, -0.2) is 0 Å². The van der Waals surface area contributed by atoms with E-state index in [1.165, 1.54) is 0 Å². The Morgan fingerprint density at radius 2 is 1.73 bits per heavy atom. The number of benzene rings is 3. The number of fused-ring (bicyclic) bond motifs is 9. The Kier molecular flexibility index (Phi) is 6.27. The molecule has 0 bridgehead atoms. The fourth-order valence-corrected chi connectivity index (χ4v) is 15.2. The van der Waals surface area contributed by atoms with Crippen LogP contribution in [0.4, 0.5) is 0 Å². The number of aliphatic hydroxyl groups is 1. The summed E-state index contributed by atoms with van der Waals surface area (Å²) in [5.74, 6) is 4.61. The predicted octanol–water partition coefficient (Wildman–Crippen LogP) is 7.98. The molecule has 0 aromatic heterocycles. The first-order valence-corrected chi connectivity index (χ1v) is 19.6. The van der Waals surface area contributed by atoms with Crippen LogP contribution in [-0.4, -0.2) is 52.5 Å². The van der Waals surface area contributed by atoms with E-state index < -0.39 is 16.4 Å². The van der Waals surface area contributed by atoms with E-state index in [0.29, 0.717) is 23.5 Å². The Morgan fingerprint density at radius 3 is 2.56 bits per heavy atom. The molecule has 3 aromatic carbocycles. The number of carbonyl (C=O) groups excluding carboxylic acids is 2. The lowest BCUT2D eigenvalue weighted by molar-refractivity contribution is -0.146. The Morgan fingerprint density at radius 1 is 0.917 bits per heavy atom. The number of methoxy groups -OCH3 is 1. The highest BCUT2D eigenvalue weighted by Crippen LogP contribution is 2.78. The van der Waals surface area contributed by atoms with Gasteiger partial charge in [-0.2, -0.15) is 0 Å². The van der Waals surface area contributed by atoms with Crippen molar-refractivity contribution in [2.75, 3.05) is 18.7 Å². The SMILES string of the molecule is COc1ccccc1[C@H]1[C@@H]2CSCN2[C@@]2(C(=O)c3cccc4cccc2c34)[C@@]12C[C@H]1[C@@H]3CC[C@H]4C[C@@H](O)CC[C@]4(C)[C@H]3CC[C@]1(C)C2=O. The van der Waals surface area contributed by atoms with Crippen LogP contribution in [0.1, 0.15) is 92.6 Å². The molecule has 5 nitrogen and oxygen atoms in total. The summed E-state index contributed by atoms with van der Waals surface area (Å²) in [5, 5.41) is 12.8. The average Bonchev–Trinajstić information content (AvgIpc) is 3.80. The smallest absolute Gasteiger partial charge is 0.189 e. The van der Waals surface area contributed by atoms with Gasteiger partial charge in [-0.1, -0.05) is 68.4 Å². The van der Waals surface area contributed by atoms with Gasteiger partial charge >= 0.3 is 0 Å². The maximum Gasteiger partial charge on any atom is 0.189 e. The van der Waals surface area contributed by atoms with Crippen LogP contribution in [0.3, 0.4) is 0 Å². The number of para-hydroxylation sites is 1. The molecule has 0 amide bonds. The number of thioether (sulfide) groups is 1. The molecule has 5 aliphatic carbocycles. The highest BCUT2D eigenvalue weighted by molar-refractivity contribution is 7.99. The molecule has 2 spiro atoms. The van der Waals surface area contributed by atoms with Crippen LogP contribution in [0.25, 0.3) is 10.8 Å². The minimum atomic E-state index is -1.04. The second-order valence-corrected chi connectivity index (χ2v) is 18.1. The van der Waals surface area contributed by atoms with Gasteiger partial charge in [-0.05, 0) is 108 Å². The van der Waals surface area contributed by atoms with Crippen LogP contribution in [0.2, 0.25) is 0 Å². The molecule has 7 aliphatic rings. The molecule has 2 heterocycles. The number of Topliss-reactive ketones (excluding diaryl/α,β-unsaturated/α-hetero) is 2. The normalized spacial score (nSPS) is 44.3. The monoisotopic (exact) mass is 661 g/mol. The number of hydrogen-bond acceptors (Lipinski definition) is 6. The number of carbonyl (C=O) groups is 2. The molecule has 48 heavy (non-hydrogen) atoms. The zero-order valence-electron chi connectivity index (χ0n) is 28.4. The molecule has 250 valence electrons. The van der Waals surface area contributed by atoms with Crippen molar-refractivity contribution in [3.63, 3.8) is 0 Å². The van der Waals surface area contributed by atoms with Crippen molar-refractivity contribution in [2.45, 2.75) is 88.8 Å². The van der Waals surface area contributed by atoms with Gasteiger partial charge in [0.2, 0.25) is 0 Å². The summed E-state index contributed by atoms with van der Waals surface area (Å²) in [6.45, 7) is 4.83. The molecule has 6 heteroatoms. The molecule has 4 saturated carbocycles. The first-order valence-electron chi connectivity index (χ1n) is 18.5. The Bertz CT molecular complexity index is 1890. The third-order valence-corrected chi connectivity index (χ3v) is 16.8. The molecule has 1 N–H and O–H groups in total. The van der Waals surface area contributed by atoms with Crippen molar-refractivity contribution in [3.8, 4) is 5.75 Å². The van der Waals surface area contributed by atoms with E-state index in [9.17, 15) is 5.11 Å². The van der Waals surface area contributed by atoms with E-state index >= 15 is 9.59 Å². The second kappa shape index (κ2) is 9.98. The molecule has 11 atom stereocenters. The fraction of sp³-hybridized carbons (Fsp3) is 0.571. The van der Waals surface area contributed by atoms with Gasteiger partial charge in [0.05, 0.1) is 18.6 Å². The van der Waals surface area contributed by atoms with Crippen LogP contribution >= 0.6 is 11.8 Å². The summed E-state index contributed by atoms with van der Waals surface area (Å²) in [6, 6.07) is 21.0. The number of aliphatic hydroxyl groups excluding tert-OH is 1. The largest absolute Gasteiger partial charge is 0.496 e. The van der Waals surface area contributed by atoms with Gasteiger partial charge in [0.1, 0.15) is 17.1 Å². The van der Waals surface area contributed by atoms with Crippen molar-refractivity contribution in [3.05, 3.63) is 77.4 Å². The highest BCUT2D eigenvalue weighted by Gasteiger charge is 2.82. The van der Waals surface area contributed by atoms with E-state index in [4.69, 9.17) is 4.74 Å². The first-order chi connectivity index (χ1) is 23.2. The van der Waals surface area contributed by atoms with Crippen LogP contribution < -0.4 is 4.74 Å². The van der Waals surface area contributed by atoms with Crippen molar-refractivity contribution in [2.24, 2.45) is 39.9 Å². The van der Waals surface area contributed by atoms with E-state index in [2.05, 4.69) is 61.2 Å². The summed E-state index contributed by atoms with van der Waals surface area (Å²) in [6.07, 6.45) is 7.71. The number of rotatable bonds is 2. The van der Waals surface area contributed by atoms with Crippen molar-refractivity contribution in [1.82, 2.24) is 4.90 Å². The Balaban J connectivity index is 1.23. The molecule has 2 aliphatic heterocycles. The number of ketones is 2. The van der Waals surface area contributed by atoms with E-state index in [0.717, 1.165) is 96.2 Å². The van der Waals surface area contributed by atoms with Gasteiger partial charge in [0.25, 0.3) is 0 Å². The van der Waals surface area contributed by atoms with Crippen LogP contribution in [0.5, 0.6) is 5.75 Å². The zero-order valence-corrected chi connectivity index (χ0v) is 29.2. The van der Waals surface area contributed by atoms with Crippen LogP contribution in [-0.2, 0) is 10.3 Å². The number of hydrogen-bond donors (Lipinski definition) is 1. The summed E-state index contributed by atoms with van der Waals surface area (Å²) < 4.78 is 6.11. The molecular formula is C42H47NO4S. The van der Waals surface area contributed by atoms with Crippen LogP contribution in [0.15, 0.2) is 60.7 Å². The van der Waals surface area contributed by atoms with Crippen molar-refractivity contribution in [1.29, 1.82) is 0 Å². The second-order valence-electron chi connectivity index (χ2n) is 17.1. The number of nitrogens with zero attached hydrogens (tertiary/aromatic N) is 1. The van der Waals surface area contributed by atoms with Crippen molar-refractivity contribution >= 4 is 34.1 Å². The minimum absolute atomic E-state index is 0.0522. The summed E-state index contributed by atoms with van der Waals surface area (Å²) in [7, 11) is 1.75. The maximum absolute atomic E-state index is 16.3. The Hall–Kier alpha value is -2.67. The molecule has 2 saturated heterocycles. The van der Waals surface area contributed by atoms with E-state index in [-0.39, 0.29) is 35.2 Å². The topological polar surface area (TPSA) is 66.8 Å². The highest BCUT2D eigenvalue weighted by atomic mass is 32.2.